The normalized spacial score (nSPS) is 18.2. The maximum atomic E-state index is 12.9. The summed E-state index contributed by atoms with van der Waals surface area (Å²) in [7, 11) is 0. The molecule has 0 unspecified atom stereocenters. The van der Waals surface area contributed by atoms with Crippen molar-refractivity contribution in [3.05, 3.63) is 29.8 Å². The minimum Gasteiger partial charge on any atom is -0.434 e. The van der Waals surface area contributed by atoms with Crippen molar-refractivity contribution in [1.29, 1.82) is 0 Å². The molecule has 0 aromatic heterocycles. The van der Waals surface area contributed by atoms with Crippen LogP contribution in [-0.2, 0) is 0 Å². The first kappa shape index (κ1) is 16.0. The van der Waals surface area contributed by atoms with Crippen LogP contribution in [0.4, 0.5) is 17.6 Å². The van der Waals surface area contributed by atoms with Crippen molar-refractivity contribution in [1.82, 2.24) is 10.2 Å². The number of ether oxygens (including phenoxy) is 1. The number of hydrogen-bond donors (Lipinski definition) is 1. The van der Waals surface area contributed by atoms with Crippen LogP contribution in [0.1, 0.15) is 18.0 Å². The number of piperazine rings is 1. The largest absolute Gasteiger partial charge is 0.434 e. The number of nitrogens with zero attached hydrogens (tertiary/aromatic N) is 1. The molecule has 1 saturated heterocycles. The van der Waals surface area contributed by atoms with Gasteiger partial charge in [0.1, 0.15) is 5.75 Å². The Bertz CT molecular complexity index is 439. The molecule has 118 valence electrons. The number of rotatable bonds is 6. The molecule has 1 heterocycles. The third-order valence-electron chi connectivity index (χ3n) is 3.49. The molecule has 2 rings (SSSR count). The van der Waals surface area contributed by atoms with Crippen LogP contribution in [-0.4, -0.2) is 44.1 Å². The van der Waals surface area contributed by atoms with Gasteiger partial charge in [-0.2, -0.15) is 8.78 Å². The predicted molar refractivity (Wildman–Crippen MR) is 70.9 cm³/mol. The van der Waals surface area contributed by atoms with Gasteiger partial charge in [0.25, 0.3) is 0 Å². The molecule has 1 fully saturated rings. The lowest BCUT2D eigenvalue weighted by Gasteiger charge is -2.35. The lowest BCUT2D eigenvalue weighted by Crippen LogP contribution is -2.45. The summed E-state index contributed by atoms with van der Waals surface area (Å²) >= 11 is 0. The fourth-order valence-electron chi connectivity index (χ4n) is 2.59. The Morgan fingerprint density at radius 3 is 2.38 bits per heavy atom. The molecule has 0 bridgehead atoms. The molecule has 1 aliphatic rings. The molecule has 0 aliphatic carbocycles. The van der Waals surface area contributed by atoms with Crippen LogP contribution in [0, 0.1) is 0 Å². The average Bonchev–Trinajstić information content (AvgIpc) is 2.46. The van der Waals surface area contributed by atoms with Crippen molar-refractivity contribution in [2.45, 2.75) is 25.5 Å². The van der Waals surface area contributed by atoms with Crippen molar-refractivity contribution in [3.8, 4) is 5.75 Å². The maximum absolute atomic E-state index is 12.9. The Hall–Kier alpha value is -1.34. The van der Waals surface area contributed by atoms with E-state index in [1.165, 1.54) is 6.07 Å². The first-order valence-electron chi connectivity index (χ1n) is 6.84. The standard InChI is InChI=1S/C14H18F4N2O/c15-13(16)9-11(20-7-5-19-6-8-20)10-3-1-2-4-12(10)21-14(17)18/h1-4,11,13-14,19H,5-9H2/t11-/m0/s1. The van der Waals surface area contributed by atoms with E-state index in [9.17, 15) is 17.6 Å². The molecular weight excluding hydrogens is 288 g/mol. The highest BCUT2D eigenvalue weighted by Crippen LogP contribution is 2.34. The van der Waals surface area contributed by atoms with Gasteiger partial charge in [-0.1, -0.05) is 18.2 Å². The van der Waals surface area contributed by atoms with E-state index in [2.05, 4.69) is 10.1 Å². The van der Waals surface area contributed by atoms with Crippen molar-refractivity contribution in [3.63, 3.8) is 0 Å². The number of benzene rings is 1. The van der Waals surface area contributed by atoms with E-state index in [1.54, 1.807) is 18.2 Å². The van der Waals surface area contributed by atoms with Crippen LogP contribution in [0.25, 0.3) is 0 Å². The Morgan fingerprint density at radius 2 is 1.76 bits per heavy atom. The van der Waals surface area contributed by atoms with Gasteiger partial charge in [0, 0.05) is 44.2 Å². The Morgan fingerprint density at radius 1 is 1.10 bits per heavy atom. The fourth-order valence-corrected chi connectivity index (χ4v) is 2.59. The minimum atomic E-state index is -2.97. The summed E-state index contributed by atoms with van der Waals surface area (Å²) in [6.07, 6.45) is -2.91. The van der Waals surface area contributed by atoms with Gasteiger partial charge >= 0.3 is 6.61 Å². The van der Waals surface area contributed by atoms with Crippen LogP contribution >= 0.6 is 0 Å². The Balaban J connectivity index is 2.26. The van der Waals surface area contributed by atoms with Crippen molar-refractivity contribution < 1.29 is 22.3 Å². The van der Waals surface area contributed by atoms with Crippen LogP contribution in [0.5, 0.6) is 5.75 Å². The Kier molecular flexibility index (Phi) is 5.81. The summed E-state index contributed by atoms with van der Waals surface area (Å²) in [6.45, 7) is -0.392. The average molecular weight is 306 g/mol. The van der Waals surface area contributed by atoms with E-state index in [0.29, 0.717) is 31.7 Å². The van der Waals surface area contributed by atoms with Gasteiger partial charge in [0.2, 0.25) is 6.43 Å². The molecule has 1 atom stereocenters. The van der Waals surface area contributed by atoms with Crippen molar-refractivity contribution in [2.75, 3.05) is 26.2 Å². The van der Waals surface area contributed by atoms with Gasteiger partial charge < -0.3 is 10.1 Å². The van der Waals surface area contributed by atoms with E-state index in [-0.39, 0.29) is 5.75 Å². The zero-order chi connectivity index (χ0) is 15.2. The summed E-state index contributed by atoms with van der Waals surface area (Å²) < 4.78 is 55.2. The van der Waals surface area contributed by atoms with Crippen LogP contribution in [0.15, 0.2) is 24.3 Å². The summed E-state index contributed by atoms with van der Waals surface area (Å²) in [6, 6.07) is 5.55. The van der Waals surface area contributed by atoms with E-state index < -0.39 is 25.5 Å². The molecule has 1 aromatic carbocycles. The van der Waals surface area contributed by atoms with E-state index in [0.717, 1.165) is 0 Å². The lowest BCUT2D eigenvalue weighted by atomic mass is 10.00. The third kappa shape index (κ3) is 4.57. The molecule has 21 heavy (non-hydrogen) atoms. The molecular formula is C14H18F4N2O. The zero-order valence-corrected chi connectivity index (χ0v) is 11.4. The van der Waals surface area contributed by atoms with Crippen molar-refractivity contribution >= 4 is 0 Å². The second kappa shape index (κ2) is 7.61. The highest BCUT2D eigenvalue weighted by atomic mass is 19.3. The van der Waals surface area contributed by atoms with Gasteiger partial charge in [-0.15, -0.1) is 0 Å². The van der Waals surface area contributed by atoms with Crippen LogP contribution in [0.3, 0.4) is 0 Å². The first-order valence-corrected chi connectivity index (χ1v) is 6.84. The number of hydrogen-bond acceptors (Lipinski definition) is 3. The molecule has 3 nitrogen and oxygen atoms in total. The molecule has 1 N–H and O–H groups in total. The minimum absolute atomic E-state index is 0.0308. The lowest BCUT2D eigenvalue weighted by molar-refractivity contribution is -0.0516. The first-order chi connectivity index (χ1) is 10.1. The van der Waals surface area contributed by atoms with Gasteiger partial charge in [0.15, 0.2) is 0 Å². The van der Waals surface area contributed by atoms with Gasteiger partial charge in [-0.3, -0.25) is 4.90 Å². The van der Waals surface area contributed by atoms with E-state index in [1.807, 2.05) is 4.90 Å². The molecule has 1 aliphatic heterocycles. The van der Waals surface area contributed by atoms with Crippen LogP contribution in [0.2, 0.25) is 0 Å². The number of nitrogens with one attached hydrogen (secondary N) is 1. The quantitative estimate of drug-likeness (QED) is 0.818. The zero-order valence-electron chi connectivity index (χ0n) is 11.4. The van der Waals surface area contributed by atoms with Crippen LogP contribution < -0.4 is 10.1 Å². The summed E-state index contributed by atoms with van der Waals surface area (Å²) in [4.78, 5) is 1.89. The predicted octanol–water partition coefficient (Wildman–Crippen LogP) is 2.89. The smallest absolute Gasteiger partial charge is 0.387 e. The maximum Gasteiger partial charge on any atom is 0.387 e. The molecule has 0 amide bonds. The fraction of sp³-hybridized carbons (Fsp3) is 0.571. The highest BCUT2D eigenvalue weighted by molar-refractivity contribution is 5.36. The monoisotopic (exact) mass is 306 g/mol. The highest BCUT2D eigenvalue weighted by Gasteiger charge is 2.28. The molecule has 0 saturated carbocycles. The topological polar surface area (TPSA) is 24.5 Å². The SMILES string of the molecule is FC(F)C[C@@H](c1ccccc1OC(F)F)N1CCNCC1. The van der Waals surface area contributed by atoms with Gasteiger partial charge in [-0.25, -0.2) is 8.78 Å². The van der Waals surface area contributed by atoms with E-state index >= 15 is 0 Å². The molecule has 7 heteroatoms. The second-order valence-corrected chi connectivity index (χ2v) is 4.84. The molecule has 0 spiro atoms. The summed E-state index contributed by atoms with van der Waals surface area (Å²) in [5, 5.41) is 3.14. The number of para-hydroxylation sites is 1. The third-order valence-corrected chi connectivity index (χ3v) is 3.49. The van der Waals surface area contributed by atoms with Crippen molar-refractivity contribution in [2.24, 2.45) is 0 Å². The van der Waals surface area contributed by atoms with Gasteiger partial charge in [-0.05, 0) is 6.07 Å². The molecule has 0 radical (unpaired) electrons. The summed E-state index contributed by atoms with van der Waals surface area (Å²) in [5.74, 6) is -0.0308. The Labute approximate surface area is 120 Å². The number of alkyl halides is 4. The summed E-state index contributed by atoms with van der Waals surface area (Å²) in [5.41, 5.74) is 0.389. The van der Waals surface area contributed by atoms with E-state index in [4.69, 9.17) is 0 Å². The molecule has 1 aromatic rings. The second-order valence-electron chi connectivity index (χ2n) is 4.84. The van der Waals surface area contributed by atoms with Gasteiger partial charge in [0.05, 0.1) is 0 Å². The number of halogens is 4.